The number of rotatable bonds is 12. The SMILES string of the molecule is C=CCN1CC(=O)N2[C@@H](Cc3ccc(OP(=O)(O)O)cc3)C(=O)N(Cc3cccc4c(C(=O)CC(C)(C)C)c[nH]c34)C[C@@H]2N1C(=O)NCc1ccccc1. The van der Waals surface area contributed by atoms with Gasteiger partial charge in [0.15, 0.2) is 5.78 Å². The van der Waals surface area contributed by atoms with Gasteiger partial charge in [0.05, 0.1) is 18.6 Å². The lowest BCUT2D eigenvalue weighted by Crippen LogP contribution is -2.76. The molecule has 3 heterocycles. The summed E-state index contributed by atoms with van der Waals surface area (Å²) in [5.74, 6) is -0.740. The van der Waals surface area contributed by atoms with Gasteiger partial charge < -0.3 is 24.6 Å². The third-order valence-corrected chi connectivity index (χ3v) is 9.84. The molecular formula is C39H45N6O8P. The lowest BCUT2D eigenvalue weighted by Gasteiger charge is -2.55. The number of carbonyl (C=O) groups excluding carboxylic acids is 4. The third kappa shape index (κ3) is 8.74. The Bertz CT molecular complexity index is 2090. The number of hydrogen-bond donors (Lipinski definition) is 4. The van der Waals surface area contributed by atoms with Gasteiger partial charge in [-0.15, -0.1) is 6.58 Å². The molecule has 4 amide bonds. The van der Waals surface area contributed by atoms with Crippen molar-refractivity contribution in [3.8, 4) is 5.75 Å². The minimum atomic E-state index is -4.79. The van der Waals surface area contributed by atoms with Crippen molar-refractivity contribution in [2.75, 3.05) is 19.6 Å². The second kappa shape index (κ2) is 15.6. The Morgan fingerprint density at radius 2 is 1.74 bits per heavy atom. The molecule has 14 nitrogen and oxygen atoms in total. The number of piperazine rings is 1. The van der Waals surface area contributed by atoms with E-state index >= 15 is 0 Å². The van der Waals surface area contributed by atoms with Gasteiger partial charge >= 0.3 is 13.9 Å². The van der Waals surface area contributed by atoms with E-state index in [1.807, 2.05) is 69.3 Å². The van der Waals surface area contributed by atoms with Gasteiger partial charge in [0.1, 0.15) is 18.0 Å². The Hall–Kier alpha value is -5.27. The number of phosphoric acid groups is 1. The summed E-state index contributed by atoms with van der Waals surface area (Å²) in [6.45, 7) is 10.2. The first-order valence-electron chi connectivity index (χ1n) is 17.6. The zero-order chi connectivity index (χ0) is 38.8. The van der Waals surface area contributed by atoms with E-state index in [1.165, 1.54) is 22.0 Å². The molecule has 284 valence electrons. The Balaban J connectivity index is 1.36. The first-order valence-corrected chi connectivity index (χ1v) is 19.2. The molecule has 0 saturated carbocycles. The Morgan fingerprint density at radius 1 is 1.02 bits per heavy atom. The molecule has 2 saturated heterocycles. The van der Waals surface area contributed by atoms with Gasteiger partial charge in [0.25, 0.3) is 0 Å². The Labute approximate surface area is 313 Å². The maximum Gasteiger partial charge on any atom is 0.524 e. The minimum absolute atomic E-state index is 0.00452. The fourth-order valence-electron chi connectivity index (χ4n) is 7.11. The number of Topliss-reactive ketones (excluding diaryl/α,β-unsaturated/α-hetero) is 1. The lowest BCUT2D eigenvalue weighted by atomic mass is 9.87. The van der Waals surface area contributed by atoms with Gasteiger partial charge in [-0.05, 0) is 34.2 Å². The van der Waals surface area contributed by atoms with Gasteiger partial charge in [-0.3, -0.25) is 24.2 Å². The number of fused-ring (bicyclic) bond motifs is 2. The van der Waals surface area contributed by atoms with Gasteiger partial charge in [-0.1, -0.05) is 87.5 Å². The number of aromatic amines is 1. The number of H-pyrrole nitrogens is 1. The zero-order valence-corrected chi connectivity index (χ0v) is 31.4. The molecule has 54 heavy (non-hydrogen) atoms. The van der Waals surface area contributed by atoms with Crippen molar-refractivity contribution < 1.29 is 38.1 Å². The fraction of sp³-hybridized carbons (Fsp3) is 0.333. The first-order chi connectivity index (χ1) is 25.6. The molecule has 2 aliphatic heterocycles. The van der Waals surface area contributed by atoms with Crippen LogP contribution < -0.4 is 9.84 Å². The summed E-state index contributed by atoms with van der Waals surface area (Å²) in [6, 6.07) is 19.4. The van der Waals surface area contributed by atoms with Crippen molar-refractivity contribution >= 4 is 42.4 Å². The lowest BCUT2D eigenvalue weighted by molar-refractivity contribution is -0.189. The molecule has 4 N–H and O–H groups in total. The van der Waals surface area contributed by atoms with Gasteiger partial charge in [-0.25, -0.2) is 19.4 Å². The molecule has 0 unspecified atom stereocenters. The van der Waals surface area contributed by atoms with Crippen LogP contribution in [0.2, 0.25) is 0 Å². The molecule has 0 bridgehead atoms. The maximum absolute atomic E-state index is 14.6. The average Bonchev–Trinajstić information content (AvgIpc) is 3.55. The largest absolute Gasteiger partial charge is 0.524 e. The molecule has 0 aliphatic carbocycles. The van der Waals surface area contributed by atoms with Crippen molar-refractivity contribution in [1.29, 1.82) is 0 Å². The quantitative estimate of drug-likeness (QED) is 0.0882. The van der Waals surface area contributed by atoms with Crippen LogP contribution in [-0.4, -0.2) is 90.1 Å². The summed E-state index contributed by atoms with van der Waals surface area (Å²) in [6.07, 6.45) is 2.82. The highest BCUT2D eigenvalue weighted by Crippen LogP contribution is 2.38. The Kier molecular flexibility index (Phi) is 11.1. The van der Waals surface area contributed by atoms with Crippen LogP contribution in [0.25, 0.3) is 10.9 Å². The number of urea groups is 1. The topological polar surface area (TPSA) is 176 Å². The third-order valence-electron chi connectivity index (χ3n) is 9.40. The van der Waals surface area contributed by atoms with Gasteiger partial charge in [-0.2, -0.15) is 0 Å². The van der Waals surface area contributed by atoms with E-state index in [2.05, 4.69) is 16.9 Å². The summed E-state index contributed by atoms with van der Waals surface area (Å²) in [4.78, 5) is 80.8. The predicted octanol–water partition coefficient (Wildman–Crippen LogP) is 4.99. The average molecular weight is 757 g/mol. The summed E-state index contributed by atoms with van der Waals surface area (Å²) in [5.41, 5.74) is 3.32. The monoisotopic (exact) mass is 756 g/mol. The molecule has 1 aromatic heterocycles. The number of carbonyl (C=O) groups is 4. The Morgan fingerprint density at radius 3 is 2.41 bits per heavy atom. The van der Waals surface area contributed by atoms with Crippen LogP contribution in [0.1, 0.15) is 54.2 Å². The molecule has 0 spiro atoms. The normalized spacial score (nSPS) is 18.1. The number of aromatic nitrogens is 1. The molecule has 3 aromatic carbocycles. The van der Waals surface area contributed by atoms with Crippen molar-refractivity contribution in [2.45, 2.75) is 58.9 Å². The van der Waals surface area contributed by atoms with Crippen LogP contribution in [0, 0.1) is 5.41 Å². The number of nitrogens with one attached hydrogen (secondary N) is 2. The van der Waals surface area contributed by atoms with E-state index in [4.69, 9.17) is 4.52 Å². The van der Waals surface area contributed by atoms with Crippen LogP contribution in [-0.2, 0) is 33.7 Å². The van der Waals surface area contributed by atoms with Crippen molar-refractivity contribution in [2.24, 2.45) is 5.41 Å². The smallest absolute Gasteiger partial charge is 0.404 e. The predicted molar refractivity (Wildman–Crippen MR) is 202 cm³/mol. The number of nitrogens with zero attached hydrogens (tertiary/aromatic N) is 4. The van der Waals surface area contributed by atoms with Crippen molar-refractivity contribution in [3.05, 3.63) is 114 Å². The highest BCUT2D eigenvalue weighted by molar-refractivity contribution is 7.46. The van der Waals surface area contributed by atoms with Crippen LogP contribution in [0.4, 0.5) is 4.79 Å². The summed E-state index contributed by atoms with van der Waals surface area (Å²) >= 11 is 0. The number of hydrogen-bond acceptors (Lipinski definition) is 7. The van der Waals surface area contributed by atoms with E-state index in [9.17, 15) is 33.5 Å². The standard InChI is InChI=1S/C39H45N6O8P/c1-5-18-43-25-35(47)44-32(19-26-14-16-29(17-15-26)53-54(50,51)52)37(48)42(24-34(44)45(43)38(49)41-21-27-10-7-6-8-11-27)23-28-12-9-13-30-31(22-40-36(28)30)33(46)20-39(2,3)4/h5-17,22,32,34,40H,1,18-21,23-25H2,2-4H3,(H,41,49)(H2,50,51,52)/t32-,34-/m0/s1. The summed E-state index contributed by atoms with van der Waals surface area (Å²) in [5, 5.41) is 6.84. The second-order valence-electron chi connectivity index (χ2n) is 14.8. The maximum atomic E-state index is 14.6. The fourth-order valence-corrected chi connectivity index (χ4v) is 7.50. The number of hydrazine groups is 1. The molecule has 4 aromatic rings. The number of ketones is 1. The molecule has 2 atom stereocenters. The molecule has 15 heteroatoms. The summed E-state index contributed by atoms with van der Waals surface area (Å²) in [7, 11) is -4.79. The second-order valence-corrected chi connectivity index (χ2v) is 15.9. The van der Waals surface area contributed by atoms with Crippen molar-refractivity contribution in [3.63, 3.8) is 0 Å². The van der Waals surface area contributed by atoms with E-state index in [-0.39, 0.29) is 67.9 Å². The molecule has 0 radical (unpaired) electrons. The van der Waals surface area contributed by atoms with E-state index in [1.54, 1.807) is 34.3 Å². The highest BCUT2D eigenvalue weighted by Gasteiger charge is 2.51. The van der Waals surface area contributed by atoms with E-state index in [0.29, 0.717) is 23.1 Å². The minimum Gasteiger partial charge on any atom is -0.404 e. The summed E-state index contributed by atoms with van der Waals surface area (Å²) < 4.78 is 16.1. The molecular weight excluding hydrogens is 711 g/mol. The number of para-hydroxylation sites is 1. The van der Waals surface area contributed by atoms with Crippen LogP contribution in [0.3, 0.4) is 0 Å². The molecule has 6 rings (SSSR count). The van der Waals surface area contributed by atoms with E-state index < -0.39 is 26.1 Å². The molecule has 2 aliphatic rings. The van der Waals surface area contributed by atoms with E-state index in [0.717, 1.165) is 16.5 Å². The van der Waals surface area contributed by atoms with Crippen LogP contribution >= 0.6 is 7.82 Å². The molecule has 2 fully saturated rings. The number of phosphoric ester groups is 1. The van der Waals surface area contributed by atoms with Crippen LogP contribution in [0.5, 0.6) is 5.75 Å². The zero-order valence-electron chi connectivity index (χ0n) is 30.5. The highest BCUT2D eigenvalue weighted by atomic mass is 31.2. The number of benzene rings is 3. The van der Waals surface area contributed by atoms with Crippen molar-refractivity contribution in [1.82, 2.24) is 30.1 Å². The van der Waals surface area contributed by atoms with Gasteiger partial charge in [0.2, 0.25) is 11.8 Å². The van der Waals surface area contributed by atoms with Crippen LogP contribution in [0.15, 0.2) is 91.6 Å². The number of amides is 4. The van der Waals surface area contributed by atoms with Gasteiger partial charge in [0, 0.05) is 49.6 Å². The first kappa shape index (κ1) is 38.5.